The van der Waals surface area contributed by atoms with Gasteiger partial charge in [0, 0.05) is 57.4 Å². The molecule has 8 rings (SSSR count). The van der Waals surface area contributed by atoms with Crippen LogP contribution in [0.1, 0.15) is 165 Å². The Morgan fingerprint density at radius 3 is 2.04 bits per heavy atom. The minimum absolute atomic E-state index is 0.0390. The zero-order valence-electron chi connectivity index (χ0n) is 56.1. The number of hydrogen-bond acceptors (Lipinski definition) is 16. The van der Waals surface area contributed by atoms with Gasteiger partial charge in [0.05, 0.1) is 46.3 Å². The number of halogens is 2. The fourth-order valence-electron chi connectivity index (χ4n) is 11.9. The van der Waals surface area contributed by atoms with Crippen LogP contribution in [0.15, 0.2) is 95.8 Å². The smallest absolute Gasteiger partial charge is 0.410 e. The number of carbonyl (C=O) groups excluding carboxylic acids is 8. The number of rotatable bonds is 32. The number of nitrogens with two attached hydrogens (primary N) is 1. The number of para-hydroxylation sites is 1. The van der Waals surface area contributed by atoms with Crippen molar-refractivity contribution in [2.24, 2.45) is 29.5 Å². The number of esters is 2. The van der Waals surface area contributed by atoms with Gasteiger partial charge in [-0.2, -0.15) is 8.78 Å². The van der Waals surface area contributed by atoms with Crippen molar-refractivity contribution in [2.45, 2.75) is 182 Å². The number of imide groups is 1. The number of alkyl halides is 2. The molecule has 4 N–H and O–H groups in total. The van der Waals surface area contributed by atoms with Crippen molar-refractivity contribution < 1.29 is 79.7 Å². The molecule has 4 aromatic carbocycles. The Balaban J connectivity index is 0.807. The molecule has 0 bridgehead atoms. The van der Waals surface area contributed by atoms with Crippen molar-refractivity contribution in [3.63, 3.8) is 0 Å². The number of hydrogen-bond donors (Lipinski definition) is 3. The van der Waals surface area contributed by atoms with E-state index in [-0.39, 0.29) is 56.7 Å². The number of nitrogens with one attached hydrogen (secondary N) is 2. The molecule has 1 unspecified atom stereocenters. The summed E-state index contributed by atoms with van der Waals surface area (Å²) in [4.78, 5) is 119. The van der Waals surface area contributed by atoms with Crippen LogP contribution < -0.4 is 27.0 Å². The van der Waals surface area contributed by atoms with Gasteiger partial charge in [-0.15, -0.1) is 0 Å². The molecule has 3 aliphatic rings. The number of aryl methyl sites for hydroxylation is 4. The van der Waals surface area contributed by atoms with Crippen LogP contribution in [0.5, 0.6) is 0 Å². The second-order valence-electron chi connectivity index (χ2n) is 27.0. The normalized spacial score (nSPS) is 17.6. The van der Waals surface area contributed by atoms with E-state index >= 15 is 8.78 Å². The lowest BCUT2D eigenvalue weighted by Gasteiger charge is -2.31. The van der Waals surface area contributed by atoms with Crippen LogP contribution in [0.25, 0.3) is 16.6 Å². The average molecular weight is 1350 g/mol. The Bertz CT molecular complexity index is 3800. The van der Waals surface area contributed by atoms with E-state index in [9.17, 15) is 47.7 Å². The van der Waals surface area contributed by atoms with Crippen LogP contribution >= 0.6 is 7.60 Å². The molecule has 0 saturated carbocycles. The number of ketones is 1. The standard InChI is InChI=1S/C71H89F2N6O16P/c1-44(49-26-28-53(29-27-49)71(72,73)96(89,94-42-92-66(86)69(3,4)5)95-43-93-67(87)70(6,7)8)37-54(80)39-52-25-24-50-17-13-18-51-40-59(79(62(50)51)65(52)85)64(84)75-55(30-33-60(74)81)45(2)91-41-48-21-19-46(20-22-48)15-11-10-12-35-90-36-14-16-47-23-31-56-58(38-47)77(9)68(88)78(56)57-32-34-61(82)76-63(57)83/h13,17-23,26-29,31,37-38,45,52,55,57,59H,10-12,14-16,24-25,30,32-36,39-43H2,1-9H3,(H2,74,81)(H,75,84)(H,76,82,83)/b44-37+/t45-,52-,55+,57?,59+/m1/s1. The Morgan fingerprint density at radius 2 is 1.40 bits per heavy atom. The largest absolute Gasteiger partial charge is 0.438 e. The van der Waals surface area contributed by atoms with E-state index in [4.69, 9.17) is 33.7 Å². The summed E-state index contributed by atoms with van der Waals surface area (Å²) >= 11 is 0. The quantitative estimate of drug-likeness (QED) is 0.00901. The summed E-state index contributed by atoms with van der Waals surface area (Å²) in [5.74, 6) is -5.17. The van der Waals surface area contributed by atoms with E-state index in [0.717, 1.165) is 78.4 Å². The minimum Gasteiger partial charge on any atom is -0.438 e. The van der Waals surface area contributed by atoms with Gasteiger partial charge in [0.25, 0.3) is 0 Å². The van der Waals surface area contributed by atoms with Crippen molar-refractivity contribution in [3.05, 3.63) is 140 Å². The number of imidazole rings is 1. The van der Waals surface area contributed by atoms with E-state index in [1.807, 2.05) is 48.5 Å². The van der Waals surface area contributed by atoms with Crippen LogP contribution in [-0.4, -0.2) is 101 Å². The number of unbranched alkanes of at least 4 members (excludes halogenated alkanes) is 2. The van der Waals surface area contributed by atoms with Gasteiger partial charge in [0.15, 0.2) is 5.78 Å². The summed E-state index contributed by atoms with van der Waals surface area (Å²) in [6.45, 7) is 11.6. The molecule has 3 aliphatic heterocycles. The van der Waals surface area contributed by atoms with E-state index in [1.54, 1.807) is 20.9 Å². The Labute approximate surface area is 557 Å². The molecule has 1 saturated heterocycles. The van der Waals surface area contributed by atoms with Crippen molar-refractivity contribution in [3.8, 4) is 0 Å². The van der Waals surface area contributed by atoms with E-state index in [0.29, 0.717) is 48.4 Å². The third-order valence-corrected chi connectivity index (χ3v) is 19.4. The van der Waals surface area contributed by atoms with Crippen molar-refractivity contribution in [1.82, 2.24) is 19.8 Å². The first-order valence-corrected chi connectivity index (χ1v) is 34.2. The Hall–Kier alpha value is -8.02. The van der Waals surface area contributed by atoms with E-state index in [2.05, 4.69) is 22.8 Å². The first kappa shape index (κ1) is 73.8. The Morgan fingerprint density at radius 1 is 0.771 bits per heavy atom. The molecule has 5 amide bonds. The molecule has 25 heteroatoms. The van der Waals surface area contributed by atoms with Gasteiger partial charge in [0.2, 0.25) is 43.1 Å². The molecular weight excluding hydrogens is 1260 g/mol. The number of amides is 5. The summed E-state index contributed by atoms with van der Waals surface area (Å²) in [6.07, 6.45) is 7.34. The molecule has 1 fully saturated rings. The molecule has 0 aliphatic carbocycles. The number of piperidine rings is 1. The van der Waals surface area contributed by atoms with Gasteiger partial charge in [-0.05, 0) is 170 Å². The molecule has 5 atom stereocenters. The molecule has 0 radical (unpaired) electrons. The average Bonchev–Trinajstić information content (AvgIpc) is 1.63. The molecule has 96 heavy (non-hydrogen) atoms. The fourth-order valence-corrected chi connectivity index (χ4v) is 13.1. The first-order valence-electron chi connectivity index (χ1n) is 32.6. The maximum atomic E-state index is 16.3. The molecule has 0 spiro atoms. The van der Waals surface area contributed by atoms with Crippen molar-refractivity contribution >= 4 is 77.1 Å². The molecular formula is C71H89F2N6O16P. The summed E-state index contributed by atoms with van der Waals surface area (Å²) in [5.41, 5.74) is 5.51. The van der Waals surface area contributed by atoms with Crippen molar-refractivity contribution in [2.75, 3.05) is 31.7 Å². The van der Waals surface area contributed by atoms with Crippen LogP contribution in [0, 0.1) is 16.7 Å². The molecule has 22 nitrogen and oxygen atoms in total. The third kappa shape index (κ3) is 18.3. The number of fused-ring (bicyclic) bond motifs is 1. The van der Waals surface area contributed by atoms with Crippen LogP contribution in [-0.2, 0) is 116 Å². The molecule has 5 aromatic rings. The number of allylic oxidation sites excluding steroid dienone is 2. The highest BCUT2D eigenvalue weighted by Crippen LogP contribution is 2.67. The number of benzene rings is 4. The van der Waals surface area contributed by atoms with E-state index in [1.165, 1.54) is 79.3 Å². The number of aromatic nitrogens is 2. The third-order valence-electron chi connectivity index (χ3n) is 17.5. The molecule has 518 valence electrons. The summed E-state index contributed by atoms with van der Waals surface area (Å²) < 4.78 is 81.6. The summed E-state index contributed by atoms with van der Waals surface area (Å²) in [5, 5.41) is 5.42. The van der Waals surface area contributed by atoms with Gasteiger partial charge in [-0.25, -0.2) is 4.79 Å². The highest BCUT2D eigenvalue weighted by molar-refractivity contribution is 7.54. The number of anilines is 1. The molecule has 4 heterocycles. The number of nitrogens with zero attached hydrogens (tertiary/aromatic N) is 3. The van der Waals surface area contributed by atoms with Gasteiger partial charge in [0.1, 0.15) is 12.1 Å². The number of primary amides is 1. The SMILES string of the molecule is C/C(=C\C(=O)C[C@H]1CCc2cccc3c2N(C1=O)[C@H](C(=O)N[C@@H](CCC(N)=O)[C@@H](C)OCc1ccc(CCCCCOCCCc2ccc4c(c2)n(C)c(=O)n4C2CCC(=O)NC2=O)cc1)C3)c1ccc(C(F)(F)P(=O)(OCOC(=O)C(C)(C)C)OCOC(=O)C(C)(C)C)cc1. The van der Waals surface area contributed by atoms with Crippen LogP contribution in [0.2, 0.25) is 0 Å². The Kier molecular flexibility index (Phi) is 24.5. The first-order chi connectivity index (χ1) is 45.4. The van der Waals surface area contributed by atoms with Gasteiger partial charge < -0.3 is 30.0 Å². The maximum absolute atomic E-state index is 16.3. The highest BCUT2D eigenvalue weighted by atomic mass is 31.2. The highest BCUT2D eigenvalue weighted by Gasteiger charge is 2.56. The lowest BCUT2D eigenvalue weighted by atomic mass is 9.92. The zero-order valence-corrected chi connectivity index (χ0v) is 57.0. The number of ether oxygens (including phenoxy) is 4. The lowest BCUT2D eigenvalue weighted by molar-refractivity contribution is -0.163. The second kappa shape index (κ2) is 31.9. The maximum Gasteiger partial charge on any atom is 0.410 e. The summed E-state index contributed by atoms with van der Waals surface area (Å²) in [7, 11) is -3.91. The van der Waals surface area contributed by atoms with Crippen LogP contribution in [0.3, 0.4) is 0 Å². The minimum atomic E-state index is -5.59. The van der Waals surface area contributed by atoms with Crippen LogP contribution in [0.4, 0.5) is 14.5 Å². The van der Waals surface area contributed by atoms with Crippen molar-refractivity contribution in [1.29, 1.82) is 0 Å². The predicted octanol–water partition coefficient (Wildman–Crippen LogP) is 10.3. The zero-order chi connectivity index (χ0) is 69.9. The number of carbonyl (C=O) groups is 8. The van der Waals surface area contributed by atoms with Gasteiger partial charge in [-0.1, -0.05) is 79.2 Å². The lowest BCUT2D eigenvalue weighted by Crippen LogP contribution is -2.54. The predicted molar refractivity (Wildman–Crippen MR) is 354 cm³/mol. The van der Waals surface area contributed by atoms with E-state index < -0.39 is 115 Å². The summed E-state index contributed by atoms with van der Waals surface area (Å²) in [6, 6.07) is 21.7. The second-order valence-corrected chi connectivity index (χ2v) is 29.1. The van der Waals surface area contributed by atoms with Gasteiger partial charge >= 0.3 is 30.9 Å². The monoisotopic (exact) mass is 1350 g/mol. The molecule has 1 aromatic heterocycles. The fraction of sp³-hybridized carbons (Fsp3) is 0.507. The van der Waals surface area contributed by atoms with Gasteiger partial charge in [-0.3, -0.25) is 71.3 Å². The topological polar surface area (TPSA) is 289 Å².